The van der Waals surface area contributed by atoms with E-state index < -0.39 is 17.5 Å². The molecule has 144 valence electrons. The van der Waals surface area contributed by atoms with E-state index in [1.165, 1.54) is 4.90 Å². The number of rotatable bonds is 4. The highest BCUT2D eigenvalue weighted by molar-refractivity contribution is 6.40. The van der Waals surface area contributed by atoms with Gasteiger partial charge in [-0.25, -0.2) is 0 Å². The van der Waals surface area contributed by atoms with Crippen LogP contribution < -0.4 is 4.90 Å². The Morgan fingerprint density at radius 1 is 1.00 bits per heavy atom. The molecule has 27 heavy (non-hydrogen) atoms. The Hall–Kier alpha value is -2.04. The van der Waals surface area contributed by atoms with Crippen LogP contribution in [0.5, 0.6) is 0 Å². The molecule has 2 rings (SSSR count). The van der Waals surface area contributed by atoms with E-state index in [0.717, 1.165) is 11.1 Å². The summed E-state index contributed by atoms with van der Waals surface area (Å²) >= 11 is 12.4. The van der Waals surface area contributed by atoms with Crippen molar-refractivity contribution in [1.82, 2.24) is 0 Å². The first-order chi connectivity index (χ1) is 12.5. The number of amides is 1. The van der Waals surface area contributed by atoms with Crippen LogP contribution in [0, 0.1) is 13.8 Å². The van der Waals surface area contributed by atoms with Crippen molar-refractivity contribution in [1.29, 1.82) is 0 Å². The molecule has 0 atom stereocenters. The second-order valence-corrected chi connectivity index (χ2v) is 8.16. The molecule has 0 bridgehead atoms. The molecule has 0 spiro atoms. The highest BCUT2D eigenvalue weighted by Crippen LogP contribution is 2.29. The van der Waals surface area contributed by atoms with Crippen LogP contribution in [0.1, 0.15) is 42.3 Å². The number of aryl methyl sites for hydroxylation is 2. The molecular formula is C21H23Cl2NO3. The monoisotopic (exact) mass is 407 g/mol. The summed E-state index contributed by atoms with van der Waals surface area (Å²) in [5, 5.41) is 0.455. The smallest absolute Gasteiger partial charge is 0.326 e. The van der Waals surface area contributed by atoms with Crippen molar-refractivity contribution in [3.05, 3.63) is 63.1 Å². The molecule has 0 saturated heterocycles. The lowest BCUT2D eigenvalue weighted by molar-refractivity contribution is -0.152. The minimum absolute atomic E-state index is 0.155. The van der Waals surface area contributed by atoms with Gasteiger partial charge in [0.2, 0.25) is 0 Å². The van der Waals surface area contributed by atoms with E-state index in [-0.39, 0.29) is 22.2 Å². The molecule has 4 nitrogen and oxygen atoms in total. The van der Waals surface area contributed by atoms with Gasteiger partial charge >= 0.3 is 5.97 Å². The van der Waals surface area contributed by atoms with Crippen LogP contribution in [0.3, 0.4) is 0 Å². The quantitative estimate of drug-likeness (QED) is 0.619. The number of halogens is 2. The molecule has 0 aliphatic heterocycles. The molecule has 0 radical (unpaired) electrons. The minimum Gasteiger partial charge on any atom is -0.459 e. The van der Waals surface area contributed by atoms with Crippen molar-refractivity contribution < 1.29 is 14.3 Å². The zero-order valence-electron chi connectivity index (χ0n) is 16.1. The Kier molecular flexibility index (Phi) is 6.55. The van der Waals surface area contributed by atoms with E-state index in [1.54, 1.807) is 45.0 Å². The lowest BCUT2D eigenvalue weighted by Crippen LogP contribution is -2.39. The standard InChI is InChI=1S/C21H23Cl2NO3/c1-13-9-10-15(11-14(13)2)24(12-18(25)27-21(3,4)5)20(26)19-16(22)7-6-8-17(19)23/h6-11H,12H2,1-5H3. The second-order valence-electron chi connectivity index (χ2n) is 7.34. The van der Waals surface area contributed by atoms with E-state index in [9.17, 15) is 9.59 Å². The number of anilines is 1. The molecule has 0 unspecified atom stereocenters. The number of benzene rings is 2. The fraction of sp³-hybridized carbons (Fsp3) is 0.333. The highest BCUT2D eigenvalue weighted by Gasteiger charge is 2.27. The molecule has 2 aromatic rings. The SMILES string of the molecule is Cc1ccc(N(CC(=O)OC(C)(C)C)C(=O)c2c(Cl)cccc2Cl)cc1C. The molecule has 0 aliphatic carbocycles. The van der Waals surface area contributed by atoms with Gasteiger partial charge in [-0.05, 0) is 70.0 Å². The molecule has 0 fully saturated rings. The van der Waals surface area contributed by atoms with Gasteiger partial charge in [0, 0.05) is 5.69 Å². The first-order valence-corrected chi connectivity index (χ1v) is 9.30. The summed E-state index contributed by atoms with van der Waals surface area (Å²) in [6, 6.07) is 10.4. The number of hydrogen-bond acceptors (Lipinski definition) is 3. The van der Waals surface area contributed by atoms with E-state index >= 15 is 0 Å². The Labute approximate surface area is 170 Å². The molecule has 6 heteroatoms. The minimum atomic E-state index is -0.656. The Bertz CT molecular complexity index is 852. The van der Waals surface area contributed by atoms with Gasteiger partial charge in [-0.15, -0.1) is 0 Å². The predicted octanol–water partition coefficient (Wildman–Crippen LogP) is 5.60. The van der Waals surface area contributed by atoms with Crippen LogP contribution in [0.25, 0.3) is 0 Å². The van der Waals surface area contributed by atoms with Crippen LogP contribution in [0.2, 0.25) is 10.0 Å². The second kappa shape index (κ2) is 8.32. The first kappa shape index (κ1) is 21.3. The van der Waals surface area contributed by atoms with Gasteiger partial charge in [-0.2, -0.15) is 0 Å². The number of carbonyl (C=O) groups is 2. The van der Waals surface area contributed by atoms with Crippen molar-refractivity contribution in [2.24, 2.45) is 0 Å². The number of nitrogens with zero attached hydrogens (tertiary/aromatic N) is 1. The van der Waals surface area contributed by atoms with E-state index in [1.807, 2.05) is 26.0 Å². The maximum Gasteiger partial charge on any atom is 0.326 e. The molecule has 0 N–H and O–H groups in total. The molecule has 2 aromatic carbocycles. The van der Waals surface area contributed by atoms with Gasteiger partial charge < -0.3 is 4.74 Å². The lowest BCUT2D eigenvalue weighted by atomic mass is 10.1. The van der Waals surface area contributed by atoms with Crippen LogP contribution in [0.4, 0.5) is 5.69 Å². The van der Waals surface area contributed by atoms with E-state index in [2.05, 4.69) is 0 Å². The molecule has 1 amide bonds. The topological polar surface area (TPSA) is 46.6 Å². The summed E-state index contributed by atoms with van der Waals surface area (Å²) < 4.78 is 5.39. The summed E-state index contributed by atoms with van der Waals surface area (Å²) in [4.78, 5) is 27.0. The van der Waals surface area contributed by atoms with Crippen molar-refractivity contribution in [3.8, 4) is 0 Å². The van der Waals surface area contributed by atoms with Gasteiger partial charge in [0.15, 0.2) is 0 Å². The zero-order chi connectivity index (χ0) is 20.4. The van der Waals surface area contributed by atoms with Gasteiger partial charge in [-0.1, -0.05) is 35.3 Å². The number of hydrogen-bond donors (Lipinski definition) is 0. The molecule has 0 aromatic heterocycles. The largest absolute Gasteiger partial charge is 0.459 e. The third-order valence-electron chi connectivity index (χ3n) is 3.93. The fourth-order valence-corrected chi connectivity index (χ4v) is 3.07. The number of esters is 1. The fourth-order valence-electron chi connectivity index (χ4n) is 2.51. The Morgan fingerprint density at radius 2 is 1.59 bits per heavy atom. The van der Waals surface area contributed by atoms with Crippen molar-refractivity contribution in [2.75, 3.05) is 11.4 Å². The van der Waals surface area contributed by atoms with Crippen molar-refractivity contribution in [2.45, 2.75) is 40.2 Å². The number of ether oxygens (including phenoxy) is 1. The molecule has 0 saturated carbocycles. The lowest BCUT2D eigenvalue weighted by Gasteiger charge is -2.26. The van der Waals surface area contributed by atoms with Gasteiger partial charge in [0.25, 0.3) is 5.91 Å². The maximum atomic E-state index is 13.2. The van der Waals surface area contributed by atoms with E-state index in [4.69, 9.17) is 27.9 Å². The molecule has 0 aliphatic rings. The maximum absolute atomic E-state index is 13.2. The Balaban J connectivity index is 2.47. The van der Waals surface area contributed by atoms with Crippen LogP contribution >= 0.6 is 23.2 Å². The summed E-state index contributed by atoms with van der Waals surface area (Å²) in [5.74, 6) is -0.975. The van der Waals surface area contributed by atoms with Crippen LogP contribution in [0.15, 0.2) is 36.4 Å². The average Bonchev–Trinajstić information content (AvgIpc) is 2.53. The van der Waals surface area contributed by atoms with Crippen molar-refractivity contribution in [3.63, 3.8) is 0 Å². The first-order valence-electron chi connectivity index (χ1n) is 8.54. The van der Waals surface area contributed by atoms with Gasteiger partial charge in [0.05, 0.1) is 15.6 Å². The zero-order valence-corrected chi connectivity index (χ0v) is 17.6. The Morgan fingerprint density at radius 3 is 2.11 bits per heavy atom. The molecular weight excluding hydrogens is 385 g/mol. The predicted molar refractivity (Wildman–Crippen MR) is 110 cm³/mol. The van der Waals surface area contributed by atoms with Crippen molar-refractivity contribution >= 4 is 40.8 Å². The van der Waals surface area contributed by atoms with E-state index in [0.29, 0.717) is 5.69 Å². The molecule has 0 heterocycles. The highest BCUT2D eigenvalue weighted by atomic mass is 35.5. The number of carbonyl (C=O) groups excluding carboxylic acids is 2. The third kappa shape index (κ3) is 5.47. The normalized spacial score (nSPS) is 11.2. The van der Waals surface area contributed by atoms with Crippen LogP contribution in [-0.4, -0.2) is 24.0 Å². The summed E-state index contributed by atoms with van der Waals surface area (Å²) in [6.07, 6.45) is 0. The summed E-state index contributed by atoms with van der Waals surface area (Å²) in [7, 11) is 0. The van der Waals surface area contributed by atoms with Crippen LogP contribution in [-0.2, 0) is 9.53 Å². The third-order valence-corrected chi connectivity index (χ3v) is 4.56. The summed E-state index contributed by atoms with van der Waals surface area (Å²) in [5.41, 5.74) is 2.16. The van der Waals surface area contributed by atoms with Gasteiger partial charge in [-0.3, -0.25) is 14.5 Å². The average molecular weight is 408 g/mol. The van der Waals surface area contributed by atoms with Gasteiger partial charge in [0.1, 0.15) is 12.1 Å². The summed E-state index contributed by atoms with van der Waals surface area (Å²) in [6.45, 7) is 9.00.